The lowest BCUT2D eigenvalue weighted by molar-refractivity contribution is -0.710. The van der Waals surface area contributed by atoms with Crippen LogP contribution in [0.5, 0.6) is 0 Å². The summed E-state index contributed by atoms with van der Waals surface area (Å²) in [6.07, 6.45) is 34.0. The molecule has 0 aliphatic carbocycles. The molecule has 0 saturated carbocycles. The fourth-order valence-electron chi connectivity index (χ4n) is 7.17. The van der Waals surface area contributed by atoms with Crippen LogP contribution in [0, 0.1) is 0 Å². The van der Waals surface area contributed by atoms with Crippen molar-refractivity contribution in [3.05, 3.63) is 89.5 Å². The molecule has 256 valence electrons. The third-order valence-corrected chi connectivity index (χ3v) is 10.1. The number of benzene rings is 2. The molecule has 2 nitrogen and oxygen atoms in total. The van der Waals surface area contributed by atoms with Gasteiger partial charge in [0, 0.05) is 6.42 Å². The SMILES string of the molecule is CCCCCCCCCCCCCCn1cc(CC(C)c2ccccc2)[n+](CCCCCCCCCCC)c1Cc1ccccc1. The number of hydrogen-bond acceptors (Lipinski definition) is 0. The summed E-state index contributed by atoms with van der Waals surface area (Å²) < 4.78 is 5.40. The van der Waals surface area contributed by atoms with Gasteiger partial charge in [-0.2, -0.15) is 0 Å². The normalized spacial score (nSPS) is 12.2. The maximum atomic E-state index is 2.74. The van der Waals surface area contributed by atoms with Crippen molar-refractivity contribution in [1.82, 2.24) is 4.57 Å². The van der Waals surface area contributed by atoms with Crippen molar-refractivity contribution in [2.75, 3.05) is 0 Å². The molecule has 1 atom stereocenters. The number of hydrogen-bond donors (Lipinski definition) is 0. The number of aryl methyl sites for hydroxylation is 1. The Bertz CT molecular complexity index is 1120. The van der Waals surface area contributed by atoms with Crippen LogP contribution < -0.4 is 4.57 Å². The first kappa shape index (κ1) is 38.1. The monoisotopic (exact) mass is 628 g/mol. The molecule has 1 heterocycles. The molecule has 0 bridgehead atoms. The minimum absolute atomic E-state index is 0.516. The molecule has 0 aliphatic heterocycles. The average Bonchev–Trinajstić information content (AvgIpc) is 3.39. The lowest BCUT2D eigenvalue weighted by atomic mass is 9.96. The molecule has 0 radical (unpaired) electrons. The summed E-state index contributed by atoms with van der Waals surface area (Å²) in [7, 11) is 0. The van der Waals surface area contributed by atoms with E-state index in [1.165, 1.54) is 157 Å². The lowest BCUT2D eigenvalue weighted by Gasteiger charge is -2.12. The summed E-state index contributed by atoms with van der Waals surface area (Å²) in [5.74, 6) is 2.03. The van der Waals surface area contributed by atoms with Gasteiger partial charge >= 0.3 is 0 Å². The summed E-state index contributed by atoms with van der Waals surface area (Å²) in [6, 6.07) is 22.3. The van der Waals surface area contributed by atoms with E-state index in [1.54, 1.807) is 0 Å². The summed E-state index contributed by atoms with van der Waals surface area (Å²) in [5.41, 5.74) is 4.41. The van der Waals surface area contributed by atoms with Crippen molar-refractivity contribution in [3.63, 3.8) is 0 Å². The van der Waals surface area contributed by atoms with Gasteiger partial charge in [-0.3, -0.25) is 0 Å². The second-order valence-corrected chi connectivity index (χ2v) is 14.3. The molecule has 0 amide bonds. The molecule has 1 aromatic heterocycles. The number of nitrogens with zero attached hydrogens (tertiary/aromatic N) is 2. The average molecular weight is 628 g/mol. The molecule has 0 saturated heterocycles. The smallest absolute Gasteiger partial charge is 0.234 e. The molecule has 0 spiro atoms. The van der Waals surface area contributed by atoms with E-state index < -0.39 is 0 Å². The highest BCUT2D eigenvalue weighted by atomic mass is 15.2. The molecule has 2 aromatic carbocycles. The van der Waals surface area contributed by atoms with E-state index in [4.69, 9.17) is 0 Å². The fraction of sp³-hybridized carbons (Fsp3) is 0.659. The molecule has 3 rings (SSSR count). The van der Waals surface area contributed by atoms with Crippen LogP contribution in [-0.2, 0) is 25.9 Å². The summed E-state index contributed by atoms with van der Waals surface area (Å²) in [4.78, 5) is 0. The first-order chi connectivity index (χ1) is 22.7. The van der Waals surface area contributed by atoms with Crippen molar-refractivity contribution >= 4 is 0 Å². The van der Waals surface area contributed by atoms with E-state index in [-0.39, 0.29) is 0 Å². The molecule has 46 heavy (non-hydrogen) atoms. The second-order valence-electron chi connectivity index (χ2n) is 14.3. The number of imidazole rings is 1. The lowest BCUT2D eigenvalue weighted by Crippen LogP contribution is -2.41. The minimum atomic E-state index is 0.516. The van der Waals surface area contributed by atoms with Gasteiger partial charge in [0.15, 0.2) is 0 Å². The zero-order valence-electron chi connectivity index (χ0n) is 30.5. The highest BCUT2D eigenvalue weighted by molar-refractivity contribution is 5.21. The van der Waals surface area contributed by atoms with Gasteiger partial charge < -0.3 is 0 Å². The predicted octanol–water partition coefficient (Wildman–Crippen LogP) is 12.9. The Labute approximate surface area is 285 Å². The zero-order chi connectivity index (χ0) is 32.5. The van der Waals surface area contributed by atoms with Gasteiger partial charge in [0.1, 0.15) is 11.9 Å². The van der Waals surface area contributed by atoms with Crippen LogP contribution in [0.1, 0.15) is 184 Å². The summed E-state index contributed by atoms with van der Waals surface area (Å²) >= 11 is 0. The standard InChI is InChI=1S/C44H71N2/c1-4-6-8-10-12-14-15-16-18-19-21-29-35-45-39-43(37-40(3)42-33-27-24-28-34-42)46(44(45)38-41-31-25-23-26-32-41)36-30-22-20-17-13-11-9-7-5-2/h23-28,31-34,39-40H,4-22,29-30,35-38H2,1-3H3/q+1. The molecule has 1 unspecified atom stereocenters. The maximum Gasteiger partial charge on any atom is 0.261 e. The molecule has 3 aromatic rings. The van der Waals surface area contributed by atoms with Gasteiger partial charge in [-0.25, -0.2) is 9.13 Å². The van der Waals surface area contributed by atoms with Crippen molar-refractivity contribution in [1.29, 1.82) is 0 Å². The molecule has 0 N–H and O–H groups in total. The Morgan fingerprint density at radius 1 is 0.543 bits per heavy atom. The topological polar surface area (TPSA) is 8.81 Å². The third-order valence-electron chi connectivity index (χ3n) is 10.1. The van der Waals surface area contributed by atoms with Crippen LogP contribution in [0.15, 0.2) is 66.9 Å². The molecular formula is C44H71N2+. The van der Waals surface area contributed by atoms with Gasteiger partial charge in [0.05, 0.1) is 19.5 Å². The third kappa shape index (κ3) is 15.5. The summed E-state index contributed by atoms with van der Waals surface area (Å²) in [5, 5.41) is 0. The van der Waals surface area contributed by atoms with Crippen LogP contribution in [0.25, 0.3) is 0 Å². The second kappa shape index (κ2) is 24.8. The number of aromatic nitrogens is 2. The molecule has 0 aliphatic rings. The molecular weight excluding hydrogens is 556 g/mol. The Hall–Kier alpha value is -2.35. The number of rotatable bonds is 28. The number of unbranched alkanes of at least 4 members (excludes halogenated alkanes) is 19. The maximum absolute atomic E-state index is 2.74. The van der Waals surface area contributed by atoms with Crippen molar-refractivity contribution in [2.45, 2.75) is 187 Å². The van der Waals surface area contributed by atoms with E-state index in [2.05, 4.69) is 96.8 Å². The highest BCUT2D eigenvalue weighted by Crippen LogP contribution is 2.21. The minimum Gasteiger partial charge on any atom is -0.234 e. The summed E-state index contributed by atoms with van der Waals surface area (Å²) in [6.45, 7) is 9.34. The van der Waals surface area contributed by atoms with Crippen LogP contribution >= 0.6 is 0 Å². The van der Waals surface area contributed by atoms with Crippen LogP contribution in [0.3, 0.4) is 0 Å². The van der Waals surface area contributed by atoms with Gasteiger partial charge in [0.25, 0.3) is 5.82 Å². The van der Waals surface area contributed by atoms with Gasteiger partial charge in [-0.05, 0) is 42.7 Å². The Morgan fingerprint density at radius 3 is 1.52 bits per heavy atom. The van der Waals surface area contributed by atoms with E-state index in [9.17, 15) is 0 Å². The van der Waals surface area contributed by atoms with Gasteiger partial charge in [-0.1, -0.05) is 191 Å². The van der Waals surface area contributed by atoms with E-state index in [0.717, 1.165) is 25.9 Å². The fourth-order valence-corrected chi connectivity index (χ4v) is 7.17. The van der Waals surface area contributed by atoms with Gasteiger partial charge in [-0.15, -0.1) is 0 Å². The van der Waals surface area contributed by atoms with E-state index in [0.29, 0.717) is 5.92 Å². The van der Waals surface area contributed by atoms with Crippen LogP contribution in [0.4, 0.5) is 0 Å². The predicted molar refractivity (Wildman–Crippen MR) is 201 cm³/mol. The molecule has 0 fully saturated rings. The van der Waals surface area contributed by atoms with Gasteiger partial charge in [0.2, 0.25) is 0 Å². The largest absolute Gasteiger partial charge is 0.261 e. The van der Waals surface area contributed by atoms with E-state index >= 15 is 0 Å². The quantitative estimate of drug-likeness (QED) is 0.0559. The Kier molecular flexibility index (Phi) is 20.5. The van der Waals surface area contributed by atoms with E-state index in [1.807, 2.05) is 0 Å². The van der Waals surface area contributed by atoms with Crippen molar-refractivity contribution < 1.29 is 4.57 Å². The first-order valence-corrected chi connectivity index (χ1v) is 19.9. The Balaban J connectivity index is 1.61. The van der Waals surface area contributed by atoms with Crippen LogP contribution in [0.2, 0.25) is 0 Å². The van der Waals surface area contributed by atoms with Crippen LogP contribution in [-0.4, -0.2) is 4.57 Å². The molecule has 2 heteroatoms. The highest BCUT2D eigenvalue weighted by Gasteiger charge is 2.25. The Morgan fingerprint density at radius 2 is 1.00 bits per heavy atom. The zero-order valence-corrected chi connectivity index (χ0v) is 30.5. The van der Waals surface area contributed by atoms with Crippen molar-refractivity contribution in [2.24, 2.45) is 0 Å². The first-order valence-electron chi connectivity index (χ1n) is 19.9. The van der Waals surface area contributed by atoms with Crippen molar-refractivity contribution in [3.8, 4) is 0 Å².